The second kappa shape index (κ2) is 6.84. The van der Waals surface area contributed by atoms with Gasteiger partial charge < -0.3 is 14.7 Å². The van der Waals surface area contributed by atoms with Crippen LogP contribution in [0, 0.1) is 5.82 Å². The van der Waals surface area contributed by atoms with Crippen LogP contribution < -0.4 is 0 Å². The van der Waals surface area contributed by atoms with Crippen LogP contribution in [0.3, 0.4) is 0 Å². The van der Waals surface area contributed by atoms with E-state index in [2.05, 4.69) is 0 Å². The quantitative estimate of drug-likeness (QED) is 0.844. The molecule has 1 aromatic rings. The molecule has 0 aromatic heterocycles. The maximum atomic E-state index is 12.8. The first-order valence-corrected chi connectivity index (χ1v) is 5.72. The van der Waals surface area contributed by atoms with E-state index in [0.717, 1.165) is 4.90 Å². The molecule has 1 rings (SSSR count). The molecule has 0 radical (unpaired) electrons. The van der Waals surface area contributed by atoms with Gasteiger partial charge in [0.1, 0.15) is 18.5 Å². The summed E-state index contributed by atoms with van der Waals surface area (Å²) in [4.78, 5) is 23.9. The van der Waals surface area contributed by atoms with Crippen molar-refractivity contribution in [2.45, 2.75) is 19.6 Å². The fourth-order valence-corrected chi connectivity index (χ4v) is 1.54. The molecule has 1 amide bonds. The SMILES string of the molecule is COC(C)C(=O)N(CC(=O)O)Cc1ccc(F)cc1. The van der Waals surface area contributed by atoms with Crippen molar-refractivity contribution in [3.8, 4) is 0 Å². The summed E-state index contributed by atoms with van der Waals surface area (Å²) in [5, 5.41) is 8.81. The first-order valence-electron chi connectivity index (χ1n) is 5.72. The van der Waals surface area contributed by atoms with Gasteiger partial charge in [0.25, 0.3) is 5.91 Å². The summed E-state index contributed by atoms with van der Waals surface area (Å²) in [6.45, 7) is 1.21. The highest BCUT2D eigenvalue weighted by Crippen LogP contribution is 2.09. The van der Waals surface area contributed by atoms with Crippen LogP contribution in [0.15, 0.2) is 24.3 Å². The lowest BCUT2D eigenvalue weighted by Gasteiger charge is -2.23. The number of ether oxygens (including phenoxy) is 1. The van der Waals surface area contributed by atoms with E-state index >= 15 is 0 Å². The summed E-state index contributed by atoms with van der Waals surface area (Å²) < 4.78 is 17.7. The van der Waals surface area contributed by atoms with Gasteiger partial charge in [0.15, 0.2) is 0 Å². The van der Waals surface area contributed by atoms with Crippen molar-refractivity contribution in [2.24, 2.45) is 0 Å². The molecule has 0 aliphatic carbocycles. The predicted molar refractivity (Wildman–Crippen MR) is 65.9 cm³/mol. The molecule has 19 heavy (non-hydrogen) atoms. The standard InChI is InChI=1S/C13H16FNO4/c1-9(19-2)13(18)15(8-12(16)17)7-10-3-5-11(14)6-4-10/h3-6,9H,7-8H2,1-2H3,(H,16,17). The average molecular weight is 269 g/mol. The number of rotatable bonds is 6. The van der Waals surface area contributed by atoms with Crippen molar-refractivity contribution in [3.05, 3.63) is 35.6 Å². The van der Waals surface area contributed by atoms with E-state index in [-0.39, 0.29) is 12.4 Å². The zero-order valence-electron chi connectivity index (χ0n) is 10.8. The van der Waals surface area contributed by atoms with Crippen LogP contribution in [0.4, 0.5) is 4.39 Å². The largest absolute Gasteiger partial charge is 0.480 e. The van der Waals surface area contributed by atoms with Crippen molar-refractivity contribution >= 4 is 11.9 Å². The molecule has 0 fully saturated rings. The van der Waals surface area contributed by atoms with Gasteiger partial charge in [-0.25, -0.2) is 4.39 Å². The summed E-state index contributed by atoms with van der Waals surface area (Å²) >= 11 is 0. The molecule has 0 saturated carbocycles. The molecule has 1 unspecified atom stereocenters. The monoisotopic (exact) mass is 269 g/mol. The van der Waals surface area contributed by atoms with E-state index < -0.39 is 24.5 Å². The number of carboxylic acid groups (broad SMARTS) is 1. The molecule has 104 valence electrons. The molecule has 0 spiro atoms. The first kappa shape index (κ1) is 15.1. The average Bonchev–Trinajstić information content (AvgIpc) is 2.38. The Balaban J connectivity index is 2.82. The Morgan fingerprint density at radius 2 is 1.95 bits per heavy atom. The maximum absolute atomic E-state index is 12.8. The zero-order valence-corrected chi connectivity index (χ0v) is 10.8. The van der Waals surface area contributed by atoms with Gasteiger partial charge in [-0.05, 0) is 24.6 Å². The Morgan fingerprint density at radius 3 is 2.42 bits per heavy atom. The number of halogens is 1. The molecule has 0 saturated heterocycles. The van der Waals surface area contributed by atoms with Crippen molar-refractivity contribution in [2.75, 3.05) is 13.7 Å². The summed E-state index contributed by atoms with van der Waals surface area (Å²) in [5.74, 6) is -1.92. The number of carboxylic acids is 1. The number of nitrogens with zero attached hydrogens (tertiary/aromatic N) is 1. The summed E-state index contributed by atoms with van der Waals surface area (Å²) in [7, 11) is 1.37. The van der Waals surface area contributed by atoms with Gasteiger partial charge in [-0.2, -0.15) is 0 Å². The van der Waals surface area contributed by atoms with Crippen molar-refractivity contribution in [3.63, 3.8) is 0 Å². The van der Waals surface area contributed by atoms with Crippen LogP contribution in [0.2, 0.25) is 0 Å². The van der Waals surface area contributed by atoms with Crippen LogP contribution in [-0.2, 0) is 20.9 Å². The van der Waals surface area contributed by atoms with Crippen molar-refractivity contribution < 1.29 is 23.8 Å². The van der Waals surface area contributed by atoms with Crippen molar-refractivity contribution in [1.29, 1.82) is 0 Å². The third-order valence-corrected chi connectivity index (χ3v) is 2.63. The zero-order chi connectivity index (χ0) is 14.4. The smallest absolute Gasteiger partial charge is 0.323 e. The van der Waals surface area contributed by atoms with E-state index in [4.69, 9.17) is 9.84 Å². The Bertz CT molecular complexity index is 446. The van der Waals surface area contributed by atoms with Gasteiger partial charge in [0.05, 0.1) is 0 Å². The van der Waals surface area contributed by atoms with Gasteiger partial charge in [-0.1, -0.05) is 12.1 Å². The van der Waals surface area contributed by atoms with Crippen LogP contribution in [0.25, 0.3) is 0 Å². The second-order valence-electron chi connectivity index (χ2n) is 4.09. The third-order valence-electron chi connectivity index (χ3n) is 2.63. The number of hydrogen-bond acceptors (Lipinski definition) is 3. The Kier molecular flexibility index (Phi) is 5.44. The predicted octanol–water partition coefficient (Wildman–Crippen LogP) is 1.27. The number of amides is 1. The number of hydrogen-bond donors (Lipinski definition) is 1. The van der Waals surface area contributed by atoms with E-state index in [0.29, 0.717) is 5.56 Å². The van der Waals surface area contributed by atoms with Crippen LogP contribution in [0.5, 0.6) is 0 Å². The topological polar surface area (TPSA) is 66.8 Å². The van der Waals surface area contributed by atoms with Gasteiger partial charge >= 0.3 is 5.97 Å². The molecule has 6 heteroatoms. The fraction of sp³-hybridized carbons (Fsp3) is 0.385. The fourth-order valence-electron chi connectivity index (χ4n) is 1.54. The first-order chi connectivity index (χ1) is 8.93. The lowest BCUT2D eigenvalue weighted by molar-refractivity contribution is -0.149. The van der Waals surface area contributed by atoms with E-state index in [9.17, 15) is 14.0 Å². The van der Waals surface area contributed by atoms with E-state index in [1.165, 1.54) is 31.4 Å². The molecule has 0 heterocycles. The Morgan fingerprint density at radius 1 is 1.37 bits per heavy atom. The lowest BCUT2D eigenvalue weighted by atomic mass is 10.2. The third kappa shape index (κ3) is 4.67. The Hall–Kier alpha value is -1.95. The maximum Gasteiger partial charge on any atom is 0.323 e. The highest BCUT2D eigenvalue weighted by Gasteiger charge is 2.22. The summed E-state index contributed by atoms with van der Waals surface area (Å²) in [6, 6.07) is 5.54. The molecule has 1 atom stereocenters. The summed E-state index contributed by atoms with van der Waals surface area (Å²) in [5.41, 5.74) is 0.652. The highest BCUT2D eigenvalue weighted by molar-refractivity contribution is 5.84. The van der Waals surface area contributed by atoms with Crippen LogP contribution >= 0.6 is 0 Å². The number of carbonyl (C=O) groups is 2. The van der Waals surface area contributed by atoms with Crippen molar-refractivity contribution in [1.82, 2.24) is 4.90 Å². The van der Waals surface area contributed by atoms with E-state index in [1.54, 1.807) is 6.92 Å². The molecule has 5 nitrogen and oxygen atoms in total. The minimum Gasteiger partial charge on any atom is -0.480 e. The van der Waals surface area contributed by atoms with Gasteiger partial charge in [-0.15, -0.1) is 0 Å². The number of methoxy groups -OCH3 is 1. The molecule has 0 bridgehead atoms. The molecular formula is C13H16FNO4. The Labute approximate surface area is 110 Å². The van der Waals surface area contributed by atoms with E-state index in [1.807, 2.05) is 0 Å². The summed E-state index contributed by atoms with van der Waals surface area (Å²) in [6.07, 6.45) is -0.722. The van der Waals surface area contributed by atoms with Crippen LogP contribution in [-0.4, -0.2) is 41.6 Å². The molecule has 1 aromatic carbocycles. The molecule has 0 aliphatic heterocycles. The van der Waals surface area contributed by atoms with Gasteiger partial charge in [0, 0.05) is 13.7 Å². The minimum atomic E-state index is -1.11. The molecule has 1 N–H and O–H groups in total. The second-order valence-corrected chi connectivity index (χ2v) is 4.09. The molecular weight excluding hydrogens is 253 g/mol. The lowest BCUT2D eigenvalue weighted by Crippen LogP contribution is -2.41. The number of benzene rings is 1. The number of carbonyl (C=O) groups excluding carboxylic acids is 1. The molecule has 0 aliphatic rings. The van der Waals surface area contributed by atoms with Gasteiger partial charge in [0.2, 0.25) is 0 Å². The highest BCUT2D eigenvalue weighted by atomic mass is 19.1. The van der Waals surface area contributed by atoms with Crippen LogP contribution in [0.1, 0.15) is 12.5 Å². The number of aliphatic carboxylic acids is 1. The van der Waals surface area contributed by atoms with Gasteiger partial charge in [-0.3, -0.25) is 9.59 Å². The normalized spacial score (nSPS) is 11.9. The minimum absolute atomic E-state index is 0.0963.